The van der Waals surface area contributed by atoms with Gasteiger partial charge in [0, 0.05) is 5.39 Å². The van der Waals surface area contributed by atoms with Crippen LogP contribution in [0.2, 0.25) is 0 Å². The van der Waals surface area contributed by atoms with Crippen molar-refractivity contribution in [2.75, 3.05) is 0 Å². The third-order valence-corrected chi connectivity index (χ3v) is 2.88. The SMILES string of the molecule is Fc1ccc2cc(OCc3ccccc3)ccc2n1. The number of ether oxygens (including phenoxy) is 1. The smallest absolute Gasteiger partial charge is 0.213 e. The minimum Gasteiger partial charge on any atom is -0.489 e. The zero-order chi connectivity index (χ0) is 13.1. The average Bonchev–Trinajstić information content (AvgIpc) is 2.46. The number of hydrogen-bond donors (Lipinski definition) is 0. The van der Waals surface area contributed by atoms with E-state index in [0.29, 0.717) is 12.1 Å². The molecule has 0 amide bonds. The summed E-state index contributed by atoms with van der Waals surface area (Å²) in [6, 6.07) is 18.4. The van der Waals surface area contributed by atoms with Gasteiger partial charge in [-0.3, -0.25) is 0 Å². The van der Waals surface area contributed by atoms with Gasteiger partial charge < -0.3 is 4.74 Å². The molecular formula is C16H12FNO. The van der Waals surface area contributed by atoms with Crippen LogP contribution in [0, 0.1) is 5.95 Å². The molecule has 0 aliphatic rings. The standard InChI is InChI=1S/C16H12FNO/c17-16-9-6-13-10-14(7-8-15(13)18-16)19-11-12-4-2-1-3-5-12/h1-10H,11H2. The molecule has 0 bridgehead atoms. The molecule has 0 unspecified atom stereocenters. The van der Waals surface area contributed by atoms with E-state index < -0.39 is 5.95 Å². The highest BCUT2D eigenvalue weighted by atomic mass is 19.1. The van der Waals surface area contributed by atoms with E-state index in [1.54, 1.807) is 18.2 Å². The number of hydrogen-bond acceptors (Lipinski definition) is 2. The zero-order valence-corrected chi connectivity index (χ0v) is 10.2. The predicted octanol–water partition coefficient (Wildman–Crippen LogP) is 3.95. The number of halogens is 1. The van der Waals surface area contributed by atoms with Crippen LogP contribution in [0.15, 0.2) is 60.7 Å². The summed E-state index contributed by atoms with van der Waals surface area (Å²) in [5.41, 5.74) is 1.74. The Hall–Kier alpha value is -2.42. The third kappa shape index (κ3) is 2.71. The van der Waals surface area contributed by atoms with Crippen molar-refractivity contribution < 1.29 is 9.13 Å². The van der Waals surface area contributed by atoms with Gasteiger partial charge >= 0.3 is 0 Å². The van der Waals surface area contributed by atoms with E-state index in [-0.39, 0.29) is 0 Å². The Morgan fingerprint density at radius 3 is 2.63 bits per heavy atom. The Balaban J connectivity index is 1.80. The summed E-state index contributed by atoms with van der Waals surface area (Å²) in [5.74, 6) is 0.287. The van der Waals surface area contributed by atoms with Crippen LogP contribution >= 0.6 is 0 Å². The molecule has 1 heterocycles. The molecule has 3 heteroatoms. The maximum Gasteiger partial charge on any atom is 0.213 e. The molecule has 0 spiro atoms. The summed E-state index contributed by atoms with van der Waals surface area (Å²) in [4.78, 5) is 3.81. The van der Waals surface area contributed by atoms with E-state index in [1.807, 2.05) is 36.4 Å². The van der Waals surface area contributed by atoms with Crippen molar-refractivity contribution in [2.45, 2.75) is 6.61 Å². The second kappa shape index (κ2) is 5.06. The normalized spacial score (nSPS) is 10.6. The van der Waals surface area contributed by atoms with Crippen LogP contribution in [-0.2, 0) is 6.61 Å². The van der Waals surface area contributed by atoms with E-state index in [9.17, 15) is 4.39 Å². The Bertz CT molecular complexity index is 697. The molecule has 1 aromatic heterocycles. The molecule has 3 rings (SSSR count). The molecule has 2 aromatic carbocycles. The van der Waals surface area contributed by atoms with Crippen molar-refractivity contribution in [2.24, 2.45) is 0 Å². The van der Waals surface area contributed by atoms with Gasteiger partial charge in [-0.05, 0) is 35.9 Å². The van der Waals surface area contributed by atoms with Crippen LogP contribution in [0.25, 0.3) is 10.9 Å². The van der Waals surface area contributed by atoms with Crippen molar-refractivity contribution >= 4 is 10.9 Å². The first kappa shape index (κ1) is 11.7. The second-order valence-electron chi connectivity index (χ2n) is 4.26. The van der Waals surface area contributed by atoms with Crippen LogP contribution in [-0.4, -0.2) is 4.98 Å². The molecular weight excluding hydrogens is 241 g/mol. The van der Waals surface area contributed by atoms with Crippen LogP contribution in [0.3, 0.4) is 0 Å². The zero-order valence-electron chi connectivity index (χ0n) is 10.2. The highest BCUT2D eigenvalue weighted by Gasteiger charge is 2.00. The highest BCUT2D eigenvalue weighted by molar-refractivity contribution is 5.79. The van der Waals surface area contributed by atoms with Gasteiger partial charge in [0.25, 0.3) is 0 Å². The van der Waals surface area contributed by atoms with E-state index >= 15 is 0 Å². The topological polar surface area (TPSA) is 22.1 Å². The first-order chi connectivity index (χ1) is 9.31. The summed E-state index contributed by atoms with van der Waals surface area (Å²) < 4.78 is 18.7. The largest absolute Gasteiger partial charge is 0.489 e. The molecule has 0 fully saturated rings. The van der Waals surface area contributed by atoms with Crippen molar-refractivity contribution in [3.8, 4) is 5.75 Å². The molecule has 3 aromatic rings. The quantitative estimate of drug-likeness (QED) is 0.659. The van der Waals surface area contributed by atoms with E-state index in [4.69, 9.17) is 4.74 Å². The number of aromatic nitrogens is 1. The summed E-state index contributed by atoms with van der Waals surface area (Å²) >= 11 is 0. The maximum absolute atomic E-state index is 13.0. The molecule has 19 heavy (non-hydrogen) atoms. The van der Waals surface area contributed by atoms with Gasteiger partial charge in [-0.15, -0.1) is 0 Å². The Kier molecular flexibility index (Phi) is 3.11. The number of nitrogens with zero attached hydrogens (tertiary/aromatic N) is 1. The first-order valence-corrected chi connectivity index (χ1v) is 6.04. The molecule has 0 aliphatic heterocycles. The fraction of sp³-hybridized carbons (Fsp3) is 0.0625. The third-order valence-electron chi connectivity index (χ3n) is 2.88. The Morgan fingerprint density at radius 2 is 1.79 bits per heavy atom. The summed E-state index contributed by atoms with van der Waals surface area (Å²) in [6.45, 7) is 0.515. The first-order valence-electron chi connectivity index (χ1n) is 6.04. The molecule has 94 valence electrons. The van der Waals surface area contributed by atoms with Crippen LogP contribution < -0.4 is 4.74 Å². The lowest BCUT2D eigenvalue weighted by Crippen LogP contribution is -1.95. The van der Waals surface area contributed by atoms with E-state index in [0.717, 1.165) is 16.7 Å². The summed E-state index contributed by atoms with van der Waals surface area (Å²) in [6.07, 6.45) is 0. The van der Waals surface area contributed by atoms with Gasteiger partial charge in [-0.25, -0.2) is 4.98 Å². The molecule has 0 atom stereocenters. The van der Waals surface area contributed by atoms with Crippen LogP contribution in [0.1, 0.15) is 5.56 Å². The number of rotatable bonds is 3. The van der Waals surface area contributed by atoms with Gasteiger partial charge in [-0.1, -0.05) is 30.3 Å². The molecule has 2 nitrogen and oxygen atoms in total. The van der Waals surface area contributed by atoms with Crippen LogP contribution in [0.4, 0.5) is 4.39 Å². The minimum absolute atomic E-state index is 0.467. The van der Waals surface area contributed by atoms with Crippen molar-refractivity contribution in [1.82, 2.24) is 4.98 Å². The monoisotopic (exact) mass is 253 g/mol. The second-order valence-corrected chi connectivity index (χ2v) is 4.26. The van der Waals surface area contributed by atoms with Gasteiger partial charge in [0.1, 0.15) is 12.4 Å². The molecule has 0 saturated heterocycles. The molecule has 0 radical (unpaired) electrons. The van der Waals surface area contributed by atoms with E-state index in [2.05, 4.69) is 4.98 Å². The Morgan fingerprint density at radius 1 is 0.947 bits per heavy atom. The highest BCUT2D eigenvalue weighted by Crippen LogP contribution is 2.20. The molecule has 0 N–H and O–H groups in total. The lowest BCUT2D eigenvalue weighted by atomic mass is 10.2. The van der Waals surface area contributed by atoms with Crippen molar-refractivity contribution in [3.05, 3.63) is 72.2 Å². The fourth-order valence-electron chi connectivity index (χ4n) is 1.91. The average molecular weight is 253 g/mol. The van der Waals surface area contributed by atoms with Crippen molar-refractivity contribution in [3.63, 3.8) is 0 Å². The predicted molar refractivity (Wildman–Crippen MR) is 72.5 cm³/mol. The molecule has 0 saturated carbocycles. The maximum atomic E-state index is 13.0. The number of pyridine rings is 1. The van der Waals surface area contributed by atoms with E-state index in [1.165, 1.54) is 6.07 Å². The fourth-order valence-corrected chi connectivity index (χ4v) is 1.91. The Labute approximate surface area is 110 Å². The van der Waals surface area contributed by atoms with Gasteiger partial charge in [-0.2, -0.15) is 4.39 Å². The molecule has 0 aliphatic carbocycles. The number of benzene rings is 2. The minimum atomic E-state index is -0.467. The summed E-state index contributed by atoms with van der Waals surface area (Å²) in [5, 5.41) is 0.868. The number of fused-ring (bicyclic) bond motifs is 1. The lowest BCUT2D eigenvalue weighted by molar-refractivity contribution is 0.306. The van der Waals surface area contributed by atoms with Gasteiger partial charge in [0.05, 0.1) is 5.52 Å². The van der Waals surface area contributed by atoms with Gasteiger partial charge in [0.2, 0.25) is 5.95 Å². The lowest BCUT2D eigenvalue weighted by Gasteiger charge is -2.07. The van der Waals surface area contributed by atoms with Crippen LogP contribution in [0.5, 0.6) is 5.75 Å². The van der Waals surface area contributed by atoms with Crippen molar-refractivity contribution in [1.29, 1.82) is 0 Å². The van der Waals surface area contributed by atoms with Gasteiger partial charge in [0.15, 0.2) is 0 Å². The summed E-state index contributed by atoms with van der Waals surface area (Å²) in [7, 11) is 0.